The highest BCUT2D eigenvalue weighted by Gasteiger charge is 2.19. The maximum atomic E-state index is 11.9. The number of hydroxylamine groups is 1. The van der Waals surface area contributed by atoms with Gasteiger partial charge in [-0.25, -0.2) is 0 Å². The van der Waals surface area contributed by atoms with Gasteiger partial charge >= 0.3 is 0 Å². The predicted molar refractivity (Wildman–Crippen MR) is 71.0 cm³/mol. The van der Waals surface area contributed by atoms with E-state index in [1.165, 1.54) is 12.8 Å². The number of hydrogen-bond donors (Lipinski definition) is 2. The molecule has 2 N–H and O–H groups in total. The summed E-state index contributed by atoms with van der Waals surface area (Å²) < 4.78 is 0. The highest BCUT2D eigenvalue weighted by atomic mass is 16.7. The highest BCUT2D eigenvalue weighted by Crippen LogP contribution is 2.20. The third-order valence-electron chi connectivity index (χ3n) is 3.15. The first-order valence-electron chi connectivity index (χ1n) is 6.53. The van der Waals surface area contributed by atoms with Gasteiger partial charge in [0.15, 0.2) is 0 Å². The summed E-state index contributed by atoms with van der Waals surface area (Å²) in [6.07, 6.45) is 4.87. The van der Waals surface area contributed by atoms with Crippen LogP contribution >= 0.6 is 0 Å². The average Bonchev–Trinajstić information content (AvgIpc) is 2.90. The molecule has 98 valence electrons. The van der Waals surface area contributed by atoms with Gasteiger partial charge in [-0.2, -0.15) is 5.48 Å². The van der Waals surface area contributed by atoms with Crippen molar-refractivity contribution in [1.29, 1.82) is 0 Å². The molecule has 0 spiro atoms. The topological polar surface area (TPSA) is 50.4 Å². The second kappa shape index (κ2) is 6.52. The minimum absolute atomic E-state index is 0.0841. The molecule has 1 aliphatic rings. The number of benzene rings is 1. The number of carbonyl (C=O) groups excluding carboxylic acids is 1. The molecule has 0 aliphatic heterocycles. The lowest BCUT2D eigenvalue weighted by Crippen LogP contribution is -2.39. The van der Waals surface area contributed by atoms with Crippen LogP contribution in [0.25, 0.3) is 0 Å². The zero-order valence-corrected chi connectivity index (χ0v) is 10.7. The molecule has 2 rings (SSSR count). The van der Waals surface area contributed by atoms with Crippen molar-refractivity contribution in [3.05, 3.63) is 30.3 Å². The summed E-state index contributed by atoms with van der Waals surface area (Å²) in [7, 11) is 0. The van der Waals surface area contributed by atoms with E-state index in [-0.39, 0.29) is 18.1 Å². The lowest BCUT2D eigenvalue weighted by molar-refractivity contribution is -0.123. The molecule has 0 aromatic heterocycles. The maximum Gasteiger partial charge on any atom is 0.243 e. The van der Waals surface area contributed by atoms with E-state index in [1.54, 1.807) is 6.92 Å². The van der Waals surface area contributed by atoms with Crippen molar-refractivity contribution < 1.29 is 9.63 Å². The first-order valence-corrected chi connectivity index (χ1v) is 6.53. The fraction of sp³-hybridized carbons (Fsp3) is 0.500. The fourth-order valence-electron chi connectivity index (χ4n) is 2.03. The van der Waals surface area contributed by atoms with Gasteiger partial charge in [0.1, 0.15) is 6.04 Å². The molecule has 1 aromatic rings. The number of rotatable bonds is 5. The van der Waals surface area contributed by atoms with Crippen molar-refractivity contribution in [2.45, 2.75) is 44.8 Å². The van der Waals surface area contributed by atoms with E-state index < -0.39 is 0 Å². The van der Waals surface area contributed by atoms with Crippen molar-refractivity contribution in [2.24, 2.45) is 0 Å². The summed E-state index contributed by atoms with van der Waals surface area (Å²) in [5.41, 5.74) is 3.64. The van der Waals surface area contributed by atoms with Crippen LogP contribution in [0.15, 0.2) is 30.3 Å². The minimum Gasteiger partial charge on any atom is -0.325 e. The van der Waals surface area contributed by atoms with Gasteiger partial charge in [-0.15, -0.1) is 0 Å². The Morgan fingerprint density at radius 2 is 1.94 bits per heavy atom. The van der Waals surface area contributed by atoms with Crippen molar-refractivity contribution >= 4 is 11.6 Å². The van der Waals surface area contributed by atoms with E-state index in [1.807, 2.05) is 30.3 Å². The summed E-state index contributed by atoms with van der Waals surface area (Å²) in [5, 5.41) is 2.84. The molecule has 0 bridgehead atoms. The summed E-state index contributed by atoms with van der Waals surface area (Å²) in [4.78, 5) is 17.4. The van der Waals surface area contributed by atoms with Crippen LogP contribution in [-0.4, -0.2) is 18.1 Å². The Labute approximate surface area is 108 Å². The molecular formula is C14H20N2O2. The Morgan fingerprint density at radius 1 is 1.28 bits per heavy atom. The van der Waals surface area contributed by atoms with Crippen molar-refractivity contribution in [2.75, 3.05) is 5.32 Å². The zero-order valence-electron chi connectivity index (χ0n) is 10.7. The Hall–Kier alpha value is -1.39. The summed E-state index contributed by atoms with van der Waals surface area (Å²) in [6, 6.07) is 9.07. The van der Waals surface area contributed by atoms with Crippen LogP contribution in [-0.2, 0) is 9.63 Å². The molecule has 0 radical (unpaired) electrons. The third-order valence-corrected chi connectivity index (χ3v) is 3.15. The zero-order chi connectivity index (χ0) is 12.8. The third kappa shape index (κ3) is 3.82. The molecule has 1 saturated carbocycles. The second-order valence-electron chi connectivity index (χ2n) is 4.72. The molecule has 1 aliphatic carbocycles. The van der Waals surface area contributed by atoms with Crippen LogP contribution < -0.4 is 10.8 Å². The van der Waals surface area contributed by atoms with Crippen LogP contribution in [0.4, 0.5) is 5.69 Å². The molecule has 4 nitrogen and oxygen atoms in total. The Morgan fingerprint density at radius 3 is 2.61 bits per heavy atom. The Balaban J connectivity index is 1.74. The standard InChI is InChI=1S/C14H20N2O2/c1-11(16-18-13-9-5-6-10-13)14(17)15-12-7-3-2-4-8-12/h2-4,7-8,11,13,16H,5-6,9-10H2,1H3,(H,15,17). The molecule has 1 unspecified atom stereocenters. The maximum absolute atomic E-state index is 11.9. The molecule has 1 fully saturated rings. The lowest BCUT2D eigenvalue weighted by atomic mass is 10.3. The van der Waals surface area contributed by atoms with Gasteiger partial charge in [0, 0.05) is 5.69 Å². The average molecular weight is 248 g/mol. The SMILES string of the molecule is CC(NOC1CCCC1)C(=O)Nc1ccccc1. The molecule has 1 aromatic carbocycles. The van der Waals surface area contributed by atoms with Crippen LogP contribution in [0.2, 0.25) is 0 Å². The van der Waals surface area contributed by atoms with Crippen LogP contribution in [0, 0.1) is 0 Å². The number of para-hydroxylation sites is 1. The minimum atomic E-state index is -0.356. The van der Waals surface area contributed by atoms with E-state index in [0.29, 0.717) is 0 Å². The molecule has 0 heterocycles. The van der Waals surface area contributed by atoms with Crippen LogP contribution in [0.1, 0.15) is 32.6 Å². The van der Waals surface area contributed by atoms with E-state index in [2.05, 4.69) is 10.8 Å². The monoisotopic (exact) mass is 248 g/mol. The molecule has 1 atom stereocenters. The lowest BCUT2D eigenvalue weighted by Gasteiger charge is -2.17. The fourth-order valence-corrected chi connectivity index (χ4v) is 2.03. The van der Waals surface area contributed by atoms with Gasteiger partial charge in [-0.05, 0) is 31.9 Å². The quantitative estimate of drug-likeness (QED) is 0.787. The number of hydrogen-bond acceptors (Lipinski definition) is 3. The van der Waals surface area contributed by atoms with E-state index >= 15 is 0 Å². The van der Waals surface area contributed by atoms with Gasteiger partial charge in [-0.1, -0.05) is 31.0 Å². The van der Waals surface area contributed by atoms with E-state index in [4.69, 9.17) is 4.84 Å². The molecule has 18 heavy (non-hydrogen) atoms. The largest absolute Gasteiger partial charge is 0.325 e. The first-order chi connectivity index (χ1) is 8.75. The van der Waals surface area contributed by atoms with Gasteiger partial charge in [-0.3, -0.25) is 9.63 Å². The van der Waals surface area contributed by atoms with Crippen LogP contribution in [0.3, 0.4) is 0 Å². The smallest absolute Gasteiger partial charge is 0.243 e. The molecule has 4 heteroatoms. The van der Waals surface area contributed by atoms with Crippen LogP contribution in [0.5, 0.6) is 0 Å². The Kier molecular flexibility index (Phi) is 4.73. The van der Waals surface area contributed by atoms with Crippen molar-refractivity contribution in [3.63, 3.8) is 0 Å². The summed E-state index contributed by atoms with van der Waals surface area (Å²) >= 11 is 0. The van der Waals surface area contributed by atoms with Crippen molar-refractivity contribution in [1.82, 2.24) is 5.48 Å². The molecule has 0 saturated heterocycles. The van der Waals surface area contributed by atoms with E-state index in [9.17, 15) is 4.79 Å². The van der Waals surface area contributed by atoms with E-state index in [0.717, 1.165) is 18.5 Å². The highest BCUT2D eigenvalue weighted by molar-refractivity contribution is 5.94. The molecular weight excluding hydrogens is 228 g/mol. The van der Waals surface area contributed by atoms with Gasteiger partial charge in [0.2, 0.25) is 5.91 Å². The number of amides is 1. The number of carbonyl (C=O) groups is 1. The van der Waals surface area contributed by atoms with Gasteiger partial charge < -0.3 is 5.32 Å². The first kappa shape index (κ1) is 13.1. The number of nitrogens with one attached hydrogen (secondary N) is 2. The normalized spacial score (nSPS) is 17.6. The second-order valence-corrected chi connectivity index (χ2v) is 4.72. The molecule has 1 amide bonds. The Bertz CT molecular complexity index is 375. The van der Waals surface area contributed by atoms with Gasteiger partial charge in [0.25, 0.3) is 0 Å². The van der Waals surface area contributed by atoms with Gasteiger partial charge in [0.05, 0.1) is 6.10 Å². The predicted octanol–water partition coefficient (Wildman–Crippen LogP) is 2.48. The van der Waals surface area contributed by atoms with Crippen molar-refractivity contribution in [3.8, 4) is 0 Å². The summed E-state index contributed by atoms with van der Waals surface area (Å²) in [5.74, 6) is -0.0841. The summed E-state index contributed by atoms with van der Waals surface area (Å²) in [6.45, 7) is 1.80. The number of anilines is 1.